The molecule has 1 amide bonds. The Kier molecular flexibility index (Phi) is 4.49. The molecule has 0 saturated heterocycles. The smallest absolute Gasteiger partial charge is 0.237 e. The molecule has 0 aromatic carbocycles. The van der Waals surface area contributed by atoms with E-state index in [4.69, 9.17) is 5.73 Å². The van der Waals surface area contributed by atoms with Crippen LogP contribution in [0.15, 0.2) is 12.4 Å². The molecular formula is C11H20N4O. The van der Waals surface area contributed by atoms with Crippen LogP contribution in [0.5, 0.6) is 0 Å². The summed E-state index contributed by atoms with van der Waals surface area (Å²) < 4.78 is 0. The van der Waals surface area contributed by atoms with Crippen molar-refractivity contribution in [1.29, 1.82) is 0 Å². The maximum absolute atomic E-state index is 11.8. The lowest BCUT2D eigenvalue weighted by Gasteiger charge is -2.20. The first-order chi connectivity index (χ1) is 7.56. The summed E-state index contributed by atoms with van der Waals surface area (Å²) in [7, 11) is 0. The van der Waals surface area contributed by atoms with Crippen LogP contribution in [0.3, 0.4) is 0 Å². The number of amides is 1. The number of aromatic amines is 1. The van der Waals surface area contributed by atoms with Crippen molar-refractivity contribution in [2.24, 2.45) is 11.7 Å². The van der Waals surface area contributed by atoms with E-state index in [0.29, 0.717) is 0 Å². The number of carbonyl (C=O) groups is 1. The van der Waals surface area contributed by atoms with Crippen molar-refractivity contribution in [2.75, 3.05) is 0 Å². The van der Waals surface area contributed by atoms with Crippen LogP contribution >= 0.6 is 0 Å². The van der Waals surface area contributed by atoms with Gasteiger partial charge in [-0.3, -0.25) is 4.79 Å². The van der Waals surface area contributed by atoms with Crippen molar-refractivity contribution in [3.63, 3.8) is 0 Å². The second-order valence-electron chi connectivity index (χ2n) is 4.21. The number of aromatic nitrogens is 2. The van der Waals surface area contributed by atoms with Crippen LogP contribution in [0, 0.1) is 5.92 Å². The standard InChI is InChI=1S/C11H20N4O/c1-4-8(10-13-5-6-14-10)15-11(16)9(12)7(2)3/h5-9H,4,12H2,1-3H3,(H,13,14)(H,15,16)/t8?,9-/m0/s1. The number of nitrogens with zero attached hydrogens (tertiary/aromatic N) is 1. The number of nitrogens with two attached hydrogens (primary N) is 1. The largest absolute Gasteiger partial charge is 0.347 e. The maximum atomic E-state index is 11.8. The van der Waals surface area contributed by atoms with E-state index in [-0.39, 0.29) is 17.9 Å². The van der Waals surface area contributed by atoms with Crippen molar-refractivity contribution in [2.45, 2.75) is 39.3 Å². The van der Waals surface area contributed by atoms with Gasteiger partial charge in [-0.1, -0.05) is 20.8 Å². The molecule has 0 aliphatic heterocycles. The van der Waals surface area contributed by atoms with Crippen LogP contribution in [0.1, 0.15) is 39.1 Å². The average Bonchev–Trinajstić information content (AvgIpc) is 2.77. The van der Waals surface area contributed by atoms with Gasteiger partial charge in [0.2, 0.25) is 5.91 Å². The van der Waals surface area contributed by atoms with E-state index in [2.05, 4.69) is 15.3 Å². The number of hydrogen-bond acceptors (Lipinski definition) is 3. The number of imidazole rings is 1. The molecule has 1 heterocycles. The van der Waals surface area contributed by atoms with Gasteiger partial charge < -0.3 is 16.0 Å². The predicted molar refractivity (Wildman–Crippen MR) is 62.6 cm³/mol. The Morgan fingerprint density at radius 2 is 2.31 bits per heavy atom. The summed E-state index contributed by atoms with van der Waals surface area (Å²) in [6.07, 6.45) is 4.20. The van der Waals surface area contributed by atoms with E-state index < -0.39 is 6.04 Å². The monoisotopic (exact) mass is 224 g/mol. The summed E-state index contributed by atoms with van der Waals surface area (Å²) in [5, 5.41) is 2.89. The fourth-order valence-electron chi connectivity index (χ4n) is 1.40. The summed E-state index contributed by atoms with van der Waals surface area (Å²) in [6.45, 7) is 5.85. The molecule has 0 spiro atoms. The highest BCUT2D eigenvalue weighted by molar-refractivity contribution is 5.82. The molecule has 1 rings (SSSR count). The Morgan fingerprint density at radius 3 is 2.75 bits per heavy atom. The minimum atomic E-state index is -0.469. The van der Waals surface area contributed by atoms with E-state index >= 15 is 0 Å². The molecule has 1 unspecified atom stereocenters. The van der Waals surface area contributed by atoms with Crippen molar-refractivity contribution >= 4 is 5.91 Å². The molecule has 5 nitrogen and oxygen atoms in total. The first kappa shape index (κ1) is 12.7. The third-order valence-electron chi connectivity index (χ3n) is 2.60. The first-order valence-corrected chi connectivity index (χ1v) is 5.61. The van der Waals surface area contributed by atoms with Crippen LogP contribution < -0.4 is 11.1 Å². The molecule has 0 radical (unpaired) electrons. The van der Waals surface area contributed by atoms with Gasteiger partial charge in [0.1, 0.15) is 5.82 Å². The Bertz CT molecular complexity index is 321. The fraction of sp³-hybridized carbons (Fsp3) is 0.636. The van der Waals surface area contributed by atoms with E-state index in [1.165, 1.54) is 0 Å². The zero-order valence-corrected chi connectivity index (χ0v) is 10.0. The van der Waals surface area contributed by atoms with Crippen LogP contribution in [-0.4, -0.2) is 21.9 Å². The molecule has 0 bridgehead atoms. The fourth-order valence-corrected chi connectivity index (χ4v) is 1.40. The third-order valence-corrected chi connectivity index (χ3v) is 2.60. The number of rotatable bonds is 5. The minimum absolute atomic E-state index is 0.0905. The summed E-state index contributed by atoms with van der Waals surface area (Å²) >= 11 is 0. The van der Waals surface area contributed by atoms with Gasteiger partial charge in [0.15, 0.2) is 0 Å². The van der Waals surface area contributed by atoms with Crippen molar-refractivity contribution in [3.8, 4) is 0 Å². The first-order valence-electron chi connectivity index (χ1n) is 5.61. The third kappa shape index (κ3) is 3.06. The molecule has 16 heavy (non-hydrogen) atoms. The minimum Gasteiger partial charge on any atom is -0.347 e. The molecule has 0 aliphatic carbocycles. The number of H-pyrrole nitrogens is 1. The van der Waals surface area contributed by atoms with Crippen molar-refractivity contribution in [1.82, 2.24) is 15.3 Å². The lowest BCUT2D eigenvalue weighted by molar-refractivity contribution is -0.124. The highest BCUT2D eigenvalue weighted by Gasteiger charge is 2.21. The highest BCUT2D eigenvalue weighted by Crippen LogP contribution is 2.12. The Balaban J connectivity index is 2.61. The van der Waals surface area contributed by atoms with Gasteiger partial charge in [0.05, 0.1) is 12.1 Å². The SMILES string of the molecule is CCC(NC(=O)[C@@H](N)C(C)C)c1ncc[nH]1. The molecule has 2 atom stereocenters. The van der Waals surface area contributed by atoms with Crippen LogP contribution in [0.25, 0.3) is 0 Å². The topological polar surface area (TPSA) is 83.8 Å². The second kappa shape index (κ2) is 5.65. The molecule has 1 aromatic heterocycles. The molecule has 1 aromatic rings. The zero-order valence-electron chi connectivity index (χ0n) is 10.0. The van der Waals surface area contributed by atoms with Crippen molar-refractivity contribution in [3.05, 3.63) is 18.2 Å². The zero-order chi connectivity index (χ0) is 12.1. The Hall–Kier alpha value is -1.36. The lowest BCUT2D eigenvalue weighted by atomic mass is 10.0. The molecular weight excluding hydrogens is 204 g/mol. The second-order valence-corrected chi connectivity index (χ2v) is 4.21. The molecule has 0 aliphatic rings. The quantitative estimate of drug-likeness (QED) is 0.696. The maximum Gasteiger partial charge on any atom is 0.237 e. The highest BCUT2D eigenvalue weighted by atomic mass is 16.2. The number of hydrogen-bond donors (Lipinski definition) is 3. The van der Waals surface area contributed by atoms with Crippen LogP contribution in [0.4, 0.5) is 0 Å². The van der Waals surface area contributed by atoms with Gasteiger partial charge in [-0.25, -0.2) is 4.98 Å². The van der Waals surface area contributed by atoms with E-state index in [1.807, 2.05) is 20.8 Å². The van der Waals surface area contributed by atoms with Crippen LogP contribution in [-0.2, 0) is 4.79 Å². The van der Waals surface area contributed by atoms with Crippen molar-refractivity contribution < 1.29 is 4.79 Å². The summed E-state index contributed by atoms with van der Waals surface area (Å²) in [5.41, 5.74) is 5.77. The summed E-state index contributed by atoms with van der Waals surface area (Å²) in [5.74, 6) is 0.777. The summed E-state index contributed by atoms with van der Waals surface area (Å²) in [4.78, 5) is 18.9. The molecule has 90 valence electrons. The van der Waals surface area contributed by atoms with E-state index in [0.717, 1.165) is 12.2 Å². The normalized spacial score (nSPS) is 14.8. The van der Waals surface area contributed by atoms with Crippen LogP contribution in [0.2, 0.25) is 0 Å². The van der Waals surface area contributed by atoms with Gasteiger partial charge >= 0.3 is 0 Å². The Morgan fingerprint density at radius 1 is 1.62 bits per heavy atom. The van der Waals surface area contributed by atoms with E-state index in [1.54, 1.807) is 12.4 Å². The average molecular weight is 224 g/mol. The molecule has 4 N–H and O–H groups in total. The van der Waals surface area contributed by atoms with Gasteiger partial charge in [0, 0.05) is 12.4 Å². The molecule has 5 heteroatoms. The molecule has 0 saturated carbocycles. The Labute approximate surface area is 95.8 Å². The van der Waals surface area contributed by atoms with E-state index in [9.17, 15) is 4.79 Å². The van der Waals surface area contributed by atoms with Gasteiger partial charge in [-0.15, -0.1) is 0 Å². The predicted octanol–water partition coefficient (Wildman–Crippen LogP) is 0.960. The number of nitrogens with one attached hydrogen (secondary N) is 2. The number of carbonyl (C=O) groups excluding carboxylic acids is 1. The van der Waals surface area contributed by atoms with Gasteiger partial charge in [0.25, 0.3) is 0 Å². The summed E-state index contributed by atoms with van der Waals surface area (Å²) in [6, 6.07) is -0.559. The van der Waals surface area contributed by atoms with Gasteiger partial charge in [-0.2, -0.15) is 0 Å². The lowest BCUT2D eigenvalue weighted by Crippen LogP contribution is -2.45. The molecule has 0 fully saturated rings. The van der Waals surface area contributed by atoms with Gasteiger partial charge in [-0.05, 0) is 12.3 Å².